The number of nitrogens with one attached hydrogen (secondary N) is 3. The molecule has 19 nitrogen and oxygen atoms in total. The Bertz CT molecular complexity index is 2040. The molecule has 1 aliphatic rings. The molecule has 4 rings (SSSR count). The fraction of sp³-hybridized carbons (Fsp3) is 0.550. The zero-order valence-corrected chi connectivity index (χ0v) is 36.4. The Hall–Kier alpha value is -5.92. The summed E-state index contributed by atoms with van der Waals surface area (Å²) in [5, 5.41) is 13.1. The Labute approximate surface area is 352 Å². The van der Waals surface area contributed by atoms with Crippen molar-refractivity contribution < 1.29 is 52.5 Å². The lowest BCUT2D eigenvalue weighted by Crippen LogP contribution is -2.71. The van der Waals surface area contributed by atoms with Crippen molar-refractivity contribution in [3.63, 3.8) is 0 Å². The number of carbonyl (C=O) groups is 5. The molecule has 20 heteroatoms. The lowest BCUT2D eigenvalue weighted by atomic mass is 9.99. The summed E-state index contributed by atoms with van der Waals surface area (Å²) in [6, 6.07) is 0.995. The highest BCUT2D eigenvalue weighted by atomic mass is 32.1. The third-order valence-electron chi connectivity index (χ3n) is 7.95. The minimum absolute atomic E-state index is 0.0568. The van der Waals surface area contributed by atoms with E-state index in [1.807, 2.05) is 0 Å². The number of unbranched alkanes of at least 4 members (excludes halogenated alkanes) is 2. The molecule has 0 bridgehead atoms. The van der Waals surface area contributed by atoms with Crippen molar-refractivity contribution in [2.24, 2.45) is 5.16 Å². The smallest absolute Gasteiger partial charge is 0.413 e. The molecule has 4 heterocycles. The van der Waals surface area contributed by atoms with Gasteiger partial charge < -0.3 is 39.2 Å². The van der Waals surface area contributed by atoms with Gasteiger partial charge in [0.25, 0.3) is 5.91 Å². The molecule has 1 saturated heterocycles. The number of β-lactam (4-membered cyclic amide) rings is 1. The monoisotopic (exact) mass is 854 g/mol. The molecule has 0 saturated carbocycles. The van der Waals surface area contributed by atoms with Crippen LogP contribution in [0.15, 0.2) is 35.1 Å². The molecule has 3 aromatic heterocycles. The number of pyridine rings is 1. The minimum Gasteiger partial charge on any atom is -0.490 e. The molecule has 3 N–H and O–H groups in total. The van der Waals surface area contributed by atoms with Crippen molar-refractivity contribution in [2.45, 2.75) is 124 Å². The average Bonchev–Trinajstić information content (AvgIpc) is 3.62. The first-order valence-corrected chi connectivity index (χ1v) is 20.4. The highest BCUT2D eigenvalue weighted by Gasteiger charge is 2.43. The Kier molecular flexibility index (Phi) is 15.9. The standard InChI is InChI=1S/C40H54N8O11S/c1-11-13-17-54-27-19-24(42-20-28(27)55-18-14-12-2)31-41-16-15-23(43-31)34(51)56-21-25-29(32(49)44-25)46-33(50)30(48-59-40(9,10)35(52)57-38(3,4)5)26-22-60-36(45-26)47-37(53)58-39(6,7)8/h15-16,19-20,22,25,29H,11-14,17-18,21H2,1-10H3,(H,44,49)(H,46,50)(H,45,47,53)/b48-30-/t25-,29+/m1/s1. The zero-order chi connectivity index (χ0) is 44.3. The molecule has 60 heavy (non-hydrogen) atoms. The molecule has 1 fully saturated rings. The molecule has 2 atom stereocenters. The third kappa shape index (κ3) is 13.8. The van der Waals surface area contributed by atoms with E-state index in [-0.39, 0.29) is 29.0 Å². The van der Waals surface area contributed by atoms with Gasteiger partial charge in [0.15, 0.2) is 33.9 Å². The Morgan fingerprint density at radius 1 is 0.883 bits per heavy atom. The van der Waals surface area contributed by atoms with E-state index in [1.54, 1.807) is 47.6 Å². The molecular weight excluding hydrogens is 801 g/mol. The summed E-state index contributed by atoms with van der Waals surface area (Å²) < 4.78 is 28.0. The van der Waals surface area contributed by atoms with Crippen molar-refractivity contribution in [1.29, 1.82) is 0 Å². The van der Waals surface area contributed by atoms with Gasteiger partial charge in [0.2, 0.25) is 11.5 Å². The van der Waals surface area contributed by atoms with E-state index < -0.39 is 64.4 Å². The van der Waals surface area contributed by atoms with E-state index in [2.05, 4.69) is 54.9 Å². The van der Waals surface area contributed by atoms with Crippen LogP contribution < -0.4 is 25.4 Å². The number of oxime groups is 1. The zero-order valence-electron chi connectivity index (χ0n) is 35.6. The Morgan fingerprint density at radius 3 is 2.18 bits per heavy atom. The lowest BCUT2D eigenvalue weighted by molar-refractivity contribution is -0.179. The second-order valence-corrected chi connectivity index (χ2v) is 16.9. The number of aromatic nitrogens is 4. The topological polar surface area (TPSA) is 241 Å². The molecule has 0 spiro atoms. The quantitative estimate of drug-likeness (QED) is 0.0342. The summed E-state index contributed by atoms with van der Waals surface area (Å²) >= 11 is 0.960. The number of hydrogen-bond donors (Lipinski definition) is 3. The van der Waals surface area contributed by atoms with E-state index in [0.29, 0.717) is 30.4 Å². The van der Waals surface area contributed by atoms with Gasteiger partial charge in [-0.25, -0.2) is 34.3 Å². The van der Waals surface area contributed by atoms with Crippen LogP contribution in [-0.4, -0.2) is 104 Å². The van der Waals surface area contributed by atoms with Crippen LogP contribution in [0.1, 0.15) is 111 Å². The molecule has 326 valence electrons. The van der Waals surface area contributed by atoms with Crippen LogP contribution in [0.25, 0.3) is 11.5 Å². The summed E-state index contributed by atoms with van der Waals surface area (Å²) in [5.74, 6) is -1.97. The van der Waals surface area contributed by atoms with Crippen LogP contribution in [0.3, 0.4) is 0 Å². The highest BCUT2D eigenvalue weighted by Crippen LogP contribution is 2.30. The molecular formula is C40H54N8O11S. The average molecular weight is 855 g/mol. The maximum absolute atomic E-state index is 13.8. The largest absolute Gasteiger partial charge is 0.490 e. The summed E-state index contributed by atoms with van der Waals surface area (Å²) in [6.45, 7) is 17.7. The van der Waals surface area contributed by atoms with Gasteiger partial charge >= 0.3 is 18.0 Å². The van der Waals surface area contributed by atoms with E-state index in [9.17, 15) is 24.0 Å². The fourth-order valence-corrected chi connectivity index (χ4v) is 5.53. The number of carbonyl (C=O) groups excluding carboxylic acids is 5. The minimum atomic E-state index is -1.66. The number of nitrogens with zero attached hydrogens (tertiary/aromatic N) is 5. The number of thiazole rings is 1. The molecule has 0 unspecified atom stereocenters. The number of ether oxygens (including phenoxy) is 5. The normalized spacial score (nSPS) is 15.5. The highest BCUT2D eigenvalue weighted by molar-refractivity contribution is 7.14. The maximum Gasteiger partial charge on any atom is 0.413 e. The first-order valence-electron chi connectivity index (χ1n) is 19.5. The predicted molar refractivity (Wildman–Crippen MR) is 220 cm³/mol. The van der Waals surface area contributed by atoms with Crippen LogP contribution in [0.5, 0.6) is 11.5 Å². The SMILES string of the molecule is CCCCOc1cnc(-c2nccc(C(=O)OC[C@H]3NC(=O)[C@H]3NC(=O)/C(=N\OC(C)(C)C(=O)OC(C)(C)C)c3csc(NC(=O)OC(C)(C)C)n3)n2)cc1OCCCC. The summed E-state index contributed by atoms with van der Waals surface area (Å²) in [4.78, 5) is 87.8. The number of esters is 2. The summed E-state index contributed by atoms with van der Waals surface area (Å²) in [7, 11) is 0. The van der Waals surface area contributed by atoms with Crippen LogP contribution in [-0.2, 0) is 33.4 Å². The van der Waals surface area contributed by atoms with Gasteiger partial charge in [0, 0.05) is 17.6 Å². The molecule has 1 aliphatic heterocycles. The maximum atomic E-state index is 13.8. The second kappa shape index (κ2) is 20.4. The van der Waals surface area contributed by atoms with E-state index in [1.165, 1.54) is 37.7 Å². The summed E-state index contributed by atoms with van der Waals surface area (Å²) in [6.07, 6.45) is 5.75. The van der Waals surface area contributed by atoms with E-state index in [0.717, 1.165) is 37.0 Å². The van der Waals surface area contributed by atoms with Crippen LogP contribution in [0.2, 0.25) is 0 Å². The van der Waals surface area contributed by atoms with E-state index >= 15 is 0 Å². The molecule has 3 aromatic rings. The lowest BCUT2D eigenvalue weighted by Gasteiger charge is -2.36. The number of amides is 3. The number of rotatable bonds is 19. The van der Waals surface area contributed by atoms with Gasteiger partial charge in [-0.1, -0.05) is 31.8 Å². The van der Waals surface area contributed by atoms with Gasteiger partial charge in [0.05, 0.1) is 25.5 Å². The van der Waals surface area contributed by atoms with Gasteiger partial charge in [-0.15, -0.1) is 11.3 Å². The molecule has 3 amide bonds. The van der Waals surface area contributed by atoms with Crippen molar-refractivity contribution in [1.82, 2.24) is 30.6 Å². The number of anilines is 1. The first kappa shape index (κ1) is 46.8. The summed E-state index contributed by atoms with van der Waals surface area (Å²) in [5.41, 5.74) is -3.52. The van der Waals surface area contributed by atoms with E-state index in [4.69, 9.17) is 28.5 Å². The Morgan fingerprint density at radius 2 is 1.55 bits per heavy atom. The predicted octanol–water partition coefficient (Wildman–Crippen LogP) is 5.38. The third-order valence-corrected chi connectivity index (χ3v) is 8.71. The molecule has 0 aromatic carbocycles. The van der Waals surface area contributed by atoms with Crippen LogP contribution in [0, 0.1) is 0 Å². The Balaban J connectivity index is 1.48. The van der Waals surface area contributed by atoms with Gasteiger partial charge in [-0.2, -0.15) is 0 Å². The van der Waals surface area contributed by atoms with Crippen molar-refractivity contribution in [3.05, 3.63) is 41.3 Å². The van der Waals surface area contributed by atoms with Gasteiger partial charge in [0.1, 0.15) is 35.2 Å². The van der Waals surface area contributed by atoms with Gasteiger partial charge in [-0.05, 0) is 74.3 Å². The van der Waals surface area contributed by atoms with Crippen LogP contribution >= 0.6 is 11.3 Å². The van der Waals surface area contributed by atoms with Crippen molar-refractivity contribution in [2.75, 3.05) is 25.1 Å². The van der Waals surface area contributed by atoms with Crippen molar-refractivity contribution >= 4 is 52.0 Å². The molecule has 0 aliphatic carbocycles. The first-order chi connectivity index (χ1) is 28.2. The van der Waals surface area contributed by atoms with Crippen LogP contribution in [0.4, 0.5) is 9.93 Å². The number of hydrogen-bond acceptors (Lipinski definition) is 17. The second-order valence-electron chi connectivity index (χ2n) is 16.1. The van der Waals surface area contributed by atoms with Crippen molar-refractivity contribution in [3.8, 4) is 23.0 Å². The fourth-order valence-electron chi connectivity index (χ4n) is 4.85. The molecule has 0 radical (unpaired) electrons. The van der Waals surface area contributed by atoms with Gasteiger partial charge in [-0.3, -0.25) is 14.9 Å².